The number of rotatable bonds is 5. The van der Waals surface area contributed by atoms with E-state index < -0.39 is 38.2 Å². The van der Waals surface area contributed by atoms with Crippen molar-refractivity contribution < 1.29 is 30.8 Å². The van der Waals surface area contributed by atoms with Crippen molar-refractivity contribution in [1.29, 1.82) is 0 Å². The predicted molar refractivity (Wildman–Crippen MR) is 106 cm³/mol. The first-order valence-electron chi connectivity index (χ1n) is 8.73. The van der Waals surface area contributed by atoms with Crippen LogP contribution in [0.3, 0.4) is 0 Å². The van der Waals surface area contributed by atoms with Crippen LogP contribution in [0.2, 0.25) is 5.02 Å². The molecule has 162 valence electrons. The van der Waals surface area contributed by atoms with Gasteiger partial charge in [0, 0.05) is 17.1 Å². The Bertz CT molecular complexity index is 1220. The molecule has 3 aromatic carbocycles. The topological polar surface area (TPSA) is 63.2 Å². The number of hydrogen-bond acceptors (Lipinski definition) is 3. The second-order valence-electron chi connectivity index (χ2n) is 6.48. The Balaban J connectivity index is 1.90. The predicted octanol–water partition coefficient (Wildman–Crippen LogP) is 5.26. The lowest BCUT2D eigenvalue weighted by Crippen LogP contribution is -2.24. The molecule has 0 radical (unpaired) electrons. The van der Waals surface area contributed by atoms with E-state index >= 15 is 0 Å². The number of hydrogen-bond donors (Lipinski definition) is 1. The Morgan fingerprint density at radius 2 is 1.68 bits per heavy atom. The van der Waals surface area contributed by atoms with E-state index in [1.807, 2.05) is 0 Å². The van der Waals surface area contributed by atoms with Crippen LogP contribution in [-0.4, -0.2) is 14.3 Å². The molecule has 3 aromatic rings. The van der Waals surface area contributed by atoms with Gasteiger partial charge in [-0.1, -0.05) is 35.9 Å². The van der Waals surface area contributed by atoms with Gasteiger partial charge in [-0.15, -0.1) is 0 Å². The lowest BCUT2D eigenvalue weighted by atomic mass is 10.2. The zero-order valence-corrected chi connectivity index (χ0v) is 17.2. The maximum atomic E-state index is 13.5. The molecule has 3 rings (SSSR count). The fourth-order valence-corrected chi connectivity index (χ4v) is 4.60. The van der Waals surface area contributed by atoms with Crippen molar-refractivity contribution in [3.8, 4) is 0 Å². The average Bonchev–Trinajstić information content (AvgIpc) is 2.71. The van der Waals surface area contributed by atoms with E-state index in [1.54, 1.807) is 0 Å². The van der Waals surface area contributed by atoms with Crippen LogP contribution >= 0.6 is 11.6 Å². The third-order valence-electron chi connectivity index (χ3n) is 4.30. The molecule has 1 amide bonds. The van der Waals surface area contributed by atoms with Crippen molar-refractivity contribution >= 4 is 27.3 Å². The van der Waals surface area contributed by atoms with Crippen LogP contribution in [0.5, 0.6) is 0 Å². The highest BCUT2D eigenvalue weighted by molar-refractivity contribution is 7.91. The van der Waals surface area contributed by atoms with Gasteiger partial charge in [-0.2, -0.15) is 13.2 Å². The normalized spacial score (nSPS) is 11.9. The van der Waals surface area contributed by atoms with E-state index in [4.69, 9.17) is 11.6 Å². The second-order valence-corrected chi connectivity index (χ2v) is 8.83. The molecule has 0 heterocycles. The Hall–Kier alpha value is -2.91. The first-order valence-corrected chi connectivity index (χ1v) is 10.6. The minimum atomic E-state index is -4.70. The lowest BCUT2D eigenvalue weighted by Gasteiger charge is -2.13. The second kappa shape index (κ2) is 8.68. The number of alkyl halides is 3. The van der Waals surface area contributed by atoms with Gasteiger partial charge >= 0.3 is 6.18 Å². The first-order chi connectivity index (χ1) is 14.5. The monoisotopic (exact) mass is 471 g/mol. The highest BCUT2D eigenvalue weighted by atomic mass is 35.5. The minimum absolute atomic E-state index is 0.0117. The van der Waals surface area contributed by atoms with Gasteiger partial charge in [0.15, 0.2) is 0 Å². The van der Waals surface area contributed by atoms with E-state index in [2.05, 4.69) is 5.32 Å². The van der Waals surface area contributed by atoms with Gasteiger partial charge in [0.05, 0.1) is 15.4 Å². The van der Waals surface area contributed by atoms with Gasteiger partial charge in [-0.3, -0.25) is 4.79 Å². The average molecular weight is 472 g/mol. The SMILES string of the molecule is O=C(NCc1ccccc1S(=O)(=O)c1cccc(C(F)(F)F)c1)c1cc(F)cc(Cl)c1. The number of nitrogens with one attached hydrogen (secondary N) is 1. The Morgan fingerprint density at radius 1 is 0.968 bits per heavy atom. The molecule has 10 heteroatoms. The quantitative estimate of drug-likeness (QED) is 0.516. The van der Waals surface area contributed by atoms with E-state index in [-0.39, 0.29) is 27.6 Å². The highest BCUT2D eigenvalue weighted by Crippen LogP contribution is 2.32. The zero-order valence-electron chi connectivity index (χ0n) is 15.6. The fourth-order valence-electron chi connectivity index (χ4n) is 2.84. The van der Waals surface area contributed by atoms with Crippen LogP contribution in [0.1, 0.15) is 21.5 Å². The Labute approximate surface area is 180 Å². The molecule has 0 aliphatic heterocycles. The van der Waals surface area contributed by atoms with Gasteiger partial charge in [-0.25, -0.2) is 12.8 Å². The van der Waals surface area contributed by atoms with Gasteiger partial charge in [0.1, 0.15) is 5.82 Å². The zero-order chi connectivity index (χ0) is 22.8. The lowest BCUT2D eigenvalue weighted by molar-refractivity contribution is -0.137. The summed E-state index contributed by atoms with van der Waals surface area (Å²) in [5.74, 6) is -1.42. The summed E-state index contributed by atoms with van der Waals surface area (Å²) in [4.78, 5) is 11.5. The molecule has 0 aliphatic rings. The number of carbonyl (C=O) groups is 1. The summed E-state index contributed by atoms with van der Waals surface area (Å²) in [5, 5.41) is 2.47. The maximum absolute atomic E-state index is 13.5. The van der Waals surface area contributed by atoms with Crippen LogP contribution in [0.25, 0.3) is 0 Å². The number of halogens is 5. The first kappa shape index (κ1) is 22.8. The van der Waals surface area contributed by atoms with E-state index in [0.29, 0.717) is 6.07 Å². The van der Waals surface area contributed by atoms with Crippen molar-refractivity contribution in [2.75, 3.05) is 0 Å². The number of benzene rings is 3. The molecule has 0 atom stereocenters. The molecule has 0 saturated heterocycles. The highest BCUT2D eigenvalue weighted by Gasteiger charge is 2.32. The standard InChI is InChI=1S/C21H14ClF4NO3S/c22-16-8-14(9-17(23)11-16)20(28)27-12-13-4-1-2-7-19(13)31(29,30)18-6-3-5-15(10-18)21(24,25)26/h1-11H,12H2,(H,27,28). The van der Waals surface area contributed by atoms with Crippen LogP contribution < -0.4 is 5.32 Å². The molecule has 0 aromatic heterocycles. The maximum Gasteiger partial charge on any atom is 0.416 e. The third-order valence-corrected chi connectivity index (χ3v) is 6.37. The van der Waals surface area contributed by atoms with Crippen molar-refractivity contribution in [1.82, 2.24) is 5.32 Å². The van der Waals surface area contributed by atoms with Crippen LogP contribution in [0.4, 0.5) is 17.6 Å². The largest absolute Gasteiger partial charge is 0.416 e. The Morgan fingerprint density at radius 3 is 2.35 bits per heavy atom. The van der Waals surface area contributed by atoms with Crippen LogP contribution in [-0.2, 0) is 22.6 Å². The molecule has 0 aliphatic carbocycles. The van der Waals surface area contributed by atoms with Crippen molar-refractivity contribution in [2.45, 2.75) is 22.5 Å². The van der Waals surface area contributed by atoms with Crippen LogP contribution in [0.15, 0.2) is 76.5 Å². The summed E-state index contributed by atoms with van der Waals surface area (Å²) in [6, 6.07) is 12.2. The third kappa shape index (κ3) is 5.23. The number of carbonyl (C=O) groups excluding carboxylic acids is 1. The van der Waals surface area contributed by atoms with Crippen molar-refractivity contribution in [3.05, 3.63) is 94.3 Å². The van der Waals surface area contributed by atoms with Gasteiger partial charge in [0.25, 0.3) is 5.91 Å². The number of amides is 1. The molecule has 0 saturated carbocycles. The van der Waals surface area contributed by atoms with Crippen molar-refractivity contribution in [2.24, 2.45) is 0 Å². The van der Waals surface area contributed by atoms with Gasteiger partial charge in [-0.05, 0) is 48.0 Å². The summed E-state index contributed by atoms with van der Waals surface area (Å²) < 4.78 is 78.4. The molecule has 0 fully saturated rings. The van der Waals surface area contributed by atoms with E-state index in [0.717, 1.165) is 30.3 Å². The van der Waals surface area contributed by atoms with Gasteiger partial charge < -0.3 is 5.32 Å². The molecule has 0 unspecified atom stereocenters. The van der Waals surface area contributed by atoms with E-state index in [1.165, 1.54) is 30.3 Å². The van der Waals surface area contributed by atoms with E-state index in [9.17, 15) is 30.8 Å². The van der Waals surface area contributed by atoms with Gasteiger partial charge in [0.2, 0.25) is 9.84 Å². The number of sulfone groups is 1. The molecule has 4 nitrogen and oxygen atoms in total. The van der Waals surface area contributed by atoms with Crippen molar-refractivity contribution in [3.63, 3.8) is 0 Å². The molecule has 31 heavy (non-hydrogen) atoms. The molecule has 0 spiro atoms. The van der Waals surface area contributed by atoms with Crippen LogP contribution in [0, 0.1) is 5.82 Å². The summed E-state index contributed by atoms with van der Waals surface area (Å²) in [5.41, 5.74) is -1.01. The molecular formula is C21H14ClF4NO3S. The summed E-state index contributed by atoms with van der Waals surface area (Å²) >= 11 is 5.73. The fraction of sp³-hybridized carbons (Fsp3) is 0.0952. The summed E-state index contributed by atoms with van der Waals surface area (Å²) in [7, 11) is -4.31. The smallest absolute Gasteiger partial charge is 0.348 e. The molecule has 1 N–H and O–H groups in total. The minimum Gasteiger partial charge on any atom is -0.348 e. The Kier molecular flexibility index (Phi) is 6.38. The summed E-state index contributed by atoms with van der Waals surface area (Å²) in [6.07, 6.45) is -4.70. The summed E-state index contributed by atoms with van der Waals surface area (Å²) in [6.45, 7) is -0.263. The molecule has 0 bridgehead atoms. The molecular weight excluding hydrogens is 458 g/mol.